The lowest BCUT2D eigenvalue weighted by molar-refractivity contribution is 0.393. The third kappa shape index (κ3) is 1.63. The Kier molecular flexibility index (Phi) is 2.40. The number of nitrogens with zero attached hydrogens (tertiary/aromatic N) is 3. The zero-order valence-corrected chi connectivity index (χ0v) is 10.5. The predicted molar refractivity (Wildman–Crippen MR) is 64.0 cm³/mol. The lowest BCUT2D eigenvalue weighted by Gasteiger charge is -2.04. The van der Waals surface area contributed by atoms with Crippen LogP contribution in [0.1, 0.15) is 29.1 Å². The van der Waals surface area contributed by atoms with E-state index in [1.54, 1.807) is 0 Å². The Morgan fingerprint density at radius 2 is 2.00 bits per heavy atom. The number of hydrogen-bond donors (Lipinski definition) is 0. The van der Waals surface area contributed by atoms with Crippen LogP contribution in [0.4, 0.5) is 0 Å². The second-order valence-corrected chi connectivity index (χ2v) is 4.67. The van der Waals surface area contributed by atoms with Gasteiger partial charge < -0.3 is 4.52 Å². The van der Waals surface area contributed by atoms with Crippen LogP contribution in [0.25, 0.3) is 11.4 Å². The molecule has 0 N–H and O–H groups in total. The molecule has 2 aromatic rings. The smallest absolute Gasteiger partial charge is 0.166 e. The topological polar surface area (TPSA) is 51.8 Å². The van der Waals surface area contributed by atoms with Crippen molar-refractivity contribution in [3.05, 3.63) is 27.9 Å². The molecule has 0 bridgehead atoms. The van der Waals surface area contributed by atoms with Gasteiger partial charge in [0.25, 0.3) is 0 Å². The summed E-state index contributed by atoms with van der Waals surface area (Å²) < 4.78 is 5.14. The molecular weight excluding hydrogens is 238 g/mol. The van der Waals surface area contributed by atoms with E-state index in [1.807, 2.05) is 13.8 Å². The summed E-state index contributed by atoms with van der Waals surface area (Å²) in [7, 11) is 0. The Morgan fingerprint density at radius 3 is 2.71 bits per heavy atom. The van der Waals surface area contributed by atoms with Crippen LogP contribution >= 0.6 is 11.6 Å². The van der Waals surface area contributed by atoms with Crippen molar-refractivity contribution in [1.29, 1.82) is 0 Å². The van der Waals surface area contributed by atoms with Crippen LogP contribution in [0.3, 0.4) is 0 Å². The average Bonchev–Trinajstić information content (AvgIpc) is 2.86. The van der Waals surface area contributed by atoms with Gasteiger partial charge in [-0.05, 0) is 33.1 Å². The van der Waals surface area contributed by atoms with Gasteiger partial charge in [-0.2, -0.15) is 0 Å². The van der Waals surface area contributed by atoms with Gasteiger partial charge in [-0.3, -0.25) is 0 Å². The SMILES string of the molecule is Cc1noc(C)c1-c1nc(Cl)c2c(n1)CCC2. The first kappa shape index (κ1) is 10.7. The highest BCUT2D eigenvalue weighted by Crippen LogP contribution is 2.31. The molecule has 1 aliphatic rings. The van der Waals surface area contributed by atoms with E-state index in [1.165, 1.54) is 0 Å². The van der Waals surface area contributed by atoms with Gasteiger partial charge in [-0.25, -0.2) is 9.97 Å². The van der Waals surface area contributed by atoms with Gasteiger partial charge in [-0.15, -0.1) is 0 Å². The number of fused-ring (bicyclic) bond motifs is 1. The fourth-order valence-electron chi connectivity index (χ4n) is 2.30. The molecule has 17 heavy (non-hydrogen) atoms. The van der Waals surface area contributed by atoms with E-state index in [0.717, 1.165) is 47.5 Å². The summed E-state index contributed by atoms with van der Waals surface area (Å²) in [5, 5.41) is 4.49. The van der Waals surface area contributed by atoms with E-state index in [9.17, 15) is 0 Å². The zero-order chi connectivity index (χ0) is 12.0. The highest BCUT2D eigenvalue weighted by Gasteiger charge is 2.21. The van der Waals surface area contributed by atoms with Crippen molar-refractivity contribution in [3.8, 4) is 11.4 Å². The van der Waals surface area contributed by atoms with Crippen molar-refractivity contribution in [2.75, 3.05) is 0 Å². The summed E-state index contributed by atoms with van der Waals surface area (Å²) in [4.78, 5) is 8.95. The van der Waals surface area contributed by atoms with Crippen molar-refractivity contribution < 1.29 is 4.52 Å². The first-order chi connectivity index (χ1) is 8.16. The molecule has 0 radical (unpaired) electrons. The predicted octanol–water partition coefficient (Wildman–Crippen LogP) is 2.89. The standard InChI is InChI=1S/C12H12ClN3O/c1-6-10(7(2)17-16-6)12-14-9-5-3-4-8(9)11(13)15-12/h3-5H2,1-2H3. The van der Waals surface area contributed by atoms with Crippen molar-refractivity contribution in [1.82, 2.24) is 15.1 Å². The number of rotatable bonds is 1. The van der Waals surface area contributed by atoms with Crippen molar-refractivity contribution >= 4 is 11.6 Å². The Bertz CT molecular complexity index is 572. The molecule has 0 fully saturated rings. The molecule has 1 aliphatic carbocycles. The monoisotopic (exact) mass is 249 g/mol. The first-order valence-corrected chi connectivity index (χ1v) is 6.03. The van der Waals surface area contributed by atoms with Gasteiger partial charge in [0, 0.05) is 11.3 Å². The highest BCUT2D eigenvalue weighted by molar-refractivity contribution is 6.30. The van der Waals surface area contributed by atoms with E-state index in [2.05, 4.69) is 15.1 Å². The summed E-state index contributed by atoms with van der Waals surface area (Å²) in [5.74, 6) is 1.36. The minimum absolute atomic E-state index is 0.572. The number of hydrogen-bond acceptors (Lipinski definition) is 4. The molecule has 0 saturated carbocycles. The Morgan fingerprint density at radius 1 is 1.18 bits per heavy atom. The quantitative estimate of drug-likeness (QED) is 0.730. The average molecular weight is 250 g/mol. The molecule has 0 spiro atoms. The maximum absolute atomic E-state index is 6.19. The summed E-state index contributed by atoms with van der Waals surface area (Å²) in [5.41, 5.74) is 3.83. The molecule has 2 aromatic heterocycles. The minimum Gasteiger partial charge on any atom is -0.361 e. The lowest BCUT2D eigenvalue weighted by atomic mass is 10.2. The summed E-state index contributed by atoms with van der Waals surface area (Å²) in [6.07, 6.45) is 3.07. The molecular formula is C12H12ClN3O. The molecule has 3 rings (SSSR count). The van der Waals surface area contributed by atoms with Gasteiger partial charge in [0.05, 0.1) is 11.3 Å². The Balaban J connectivity index is 2.20. The molecule has 5 heteroatoms. The molecule has 4 nitrogen and oxygen atoms in total. The number of aryl methyl sites for hydroxylation is 3. The summed E-state index contributed by atoms with van der Waals surface area (Å²) in [6, 6.07) is 0. The van der Waals surface area contributed by atoms with Crippen LogP contribution in [-0.4, -0.2) is 15.1 Å². The van der Waals surface area contributed by atoms with E-state index in [4.69, 9.17) is 16.1 Å². The maximum Gasteiger partial charge on any atom is 0.166 e. The van der Waals surface area contributed by atoms with Crippen LogP contribution in [0.15, 0.2) is 4.52 Å². The summed E-state index contributed by atoms with van der Waals surface area (Å²) >= 11 is 6.19. The fraction of sp³-hybridized carbons (Fsp3) is 0.417. The van der Waals surface area contributed by atoms with Crippen molar-refractivity contribution in [3.63, 3.8) is 0 Å². The second-order valence-electron chi connectivity index (χ2n) is 4.32. The largest absolute Gasteiger partial charge is 0.361 e. The summed E-state index contributed by atoms with van der Waals surface area (Å²) in [6.45, 7) is 3.75. The van der Waals surface area contributed by atoms with E-state index >= 15 is 0 Å². The van der Waals surface area contributed by atoms with Gasteiger partial charge in [0.1, 0.15) is 10.9 Å². The second kappa shape index (κ2) is 3.81. The van der Waals surface area contributed by atoms with E-state index in [-0.39, 0.29) is 0 Å². The third-order valence-corrected chi connectivity index (χ3v) is 3.45. The molecule has 0 aromatic carbocycles. The zero-order valence-electron chi connectivity index (χ0n) is 9.75. The van der Waals surface area contributed by atoms with E-state index < -0.39 is 0 Å². The minimum atomic E-state index is 0.572. The number of halogens is 1. The van der Waals surface area contributed by atoms with Gasteiger partial charge in [-0.1, -0.05) is 16.8 Å². The molecule has 88 valence electrons. The molecule has 0 saturated heterocycles. The van der Waals surface area contributed by atoms with E-state index in [0.29, 0.717) is 11.0 Å². The van der Waals surface area contributed by atoms with Crippen LogP contribution in [0.5, 0.6) is 0 Å². The molecule has 0 amide bonds. The molecule has 0 aliphatic heterocycles. The van der Waals surface area contributed by atoms with Crippen LogP contribution in [-0.2, 0) is 12.8 Å². The molecule has 0 atom stereocenters. The van der Waals surface area contributed by atoms with Crippen molar-refractivity contribution in [2.24, 2.45) is 0 Å². The Hall–Kier alpha value is -1.42. The third-order valence-electron chi connectivity index (χ3n) is 3.14. The van der Waals surface area contributed by atoms with Crippen molar-refractivity contribution in [2.45, 2.75) is 33.1 Å². The van der Waals surface area contributed by atoms with Crippen LogP contribution in [0, 0.1) is 13.8 Å². The molecule has 2 heterocycles. The van der Waals surface area contributed by atoms with Gasteiger partial charge in [0.15, 0.2) is 5.82 Å². The Labute approximate surface area is 104 Å². The normalized spacial score (nSPS) is 14.1. The molecule has 0 unspecified atom stereocenters. The number of aromatic nitrogens is 3. The first-order valence-electron chi connectivity index (χ1n) is 5.65. The fourth-order valence-corrected chi connectivity index (χ4v) is 2.58. The highest BCUT2D eigenvalue weighted by atomic mass is 35.5. The van der Waals surface area contributed by atoms with Gasteiger partial charge in [0.2, 0.25) is 0 Å². The van der Waals surface area contributed by atoms with Crippen LogP contribution < -0.4 is 0 Å². The maximum atomic E-state index is 6.19. The van der Waals surface area contributed by atoms with Gasteiger partial charge >= 0.3 is 0 Å². The van der Waals surface area contributed by atoms with Crippen LogP contribution in [0.2, 0.25) is 5.15 Å². The lowest BCUT2D eigenvalue weighted by Crippen LogP contribution is -1.98.